The van der Waals surface area contributed by atoms with Gasteiger partial charge < -0.3 is 29.9 Å². The molecule has 0 unspecified atom stereocenters. The number of rotatable bonds is 8. The lowest BCUT2D eigenvalue weighted by Crippen LogP contribution is -2.59. The number of aliphatic hydroxyl groups is 4. The molecule has 4 N–H and O–H groups in total. The summed E-state index contributed by atoms with van der Waals surface area (Å²) >= 11 is 0. The molecule has 1 heterocycles. The molecule has 0 spiro atoms. The summed E-state index contributed by atoms with van der Waals surface area (Å²) in [6, 6.07) is 0. The fourth-order valence-corrected chi connectivity index (χ4v) is 2.34. The Morgan fingerprint density at radius 2 is 1.75 bits per heavy atom. The van der Waals surface area contributed by atoms with Gasteiger partial charge in [0.05, 0.1) is 12.7 Å². The van der Waals surface area contributed by atoms with E-state index < -0.39 is 37.3 Å². The highest BCUT2D eigenvalue weighted by atomic mass is 16.7. The summed E-state index contributed by atoms with van der Waals surface area (Å²) in [7, 11) is 0. The Kier molecular flexibility index (Phi) is 7.94. The molecule has 1 saturated heterocycles. The van der Waals surface area contributed by atoms with Crippen molar-refractivity contribution in [1.29, 1.82) is 0 Å². The molecule has 6 heteroatoms. The van der Waals surface area contributed by atoms with E-state index in [0.29, 0.717) is 0 Å². The van der Waals surface area contributed by atoms with Gasteiger partial charge in [-0.1, -0.05) is 32.6 Å². The van der Waals surface area contributed by atoms with Crippen LogP contribution in [0.25, 0.3) is 0 Å². The van der Waals surface area contributed by atoms with E-state index in [-0.39, 0.29) is 6.10 Å². The predicted octanol–water partition coefficient (Wildman–Crippen LogP) is 0.162. The van der Waals surface area contributed by atoms with E-state index in [9.17, 15) is 15.3 Å². The fourth-order valence-electron chi connectivity index (χ4n) is 2.34. The lowest BCUT2D eigenvalue weighted by molar-refractivity contribution is -0.310. The van der Waals surface area contributed by atoms with Gasteiger partial charge in [-0.3, -0.25) is 0 Å². The van der Waals surface area contributed by atoms with Crippen molar-refractivity contribution in [3.05, 3.63) is 0 Å². The summed E-state index contributed by atoms with van der Waals surface area (Å²) in [5, 5.41) is 38.2. The van der Waals surface area contributed by atoms with E-state index in [0.717, 1.165) is 19.3 Å². The molecule has 0 saturated carbocycles. The summed E-state index contributed by atoms with van der Waals surface area (Å²) < 4.78 is 10.9. The molecule has 1 aliphatic heterocycles. The molecule has 1 fully saturated rings. The van der Waals surface area contributed by atoms with Crippen molar-refractivity contribution < 1.29 is 29.9 Å². The molecule has 0 aromatic heterocycles. The third-order valence-corrected chi connectivity index (χ3v) is 3.68. The van der Waals surface area contributed by atoms with E-state index in [1.54, 1.807) is 0 Å². The second kappa shape index (κ2) is 8.92. The van der Waals surface area contributed by atoms with E-state index in [4.69, 9.17) is 14.6 Å². The van der Waals surface area contributed by atoms with E-state index >= 15 is 0 Å². The SMILES string of the molecule is CCCCCC[C@H](C)O[C@@H]1O[C@H](CO)[C@@H](O)[C@H](O)[C@H]1O. The molecular formula is C14H28O6. The Morgan fingerprint density at radius 3 is 2.35 bits per heavy atom. The third kappa shape index (κ3) is 4.95. The summed E-state index contributed by atoms with van der Waals surface area (Å²) in [6.45, 7) is 3.59. The number of aliphatic hydroxyl groups excluding tert-OH is 4. The summed E-state index contributed by atoms with van der Waals surface area (Å²) in [5.74, 6) is 0. The van der Waals surface area contributed by atoms with Crippen LogP contribution < -0.4 is 0 Å². The highest BCUT2D eigenvalue weighted by Gasteiger charge is 2.44. The van der Waals surface area contributed by atoms with Gasteiger partial charge in [-0.25, -0.2) is 0 Å². The lowest BCUT2D eigenvalue weighted by atomic mass is 9.99. The number of ether oxygens (including phenoxy) is 2. The van der Waals surface area contributed by atoms with Gasteiger partial charge in [0.2, 0.25) is 0 Å². The van der Waals surface area contributed by atoms with Gasteiger partial charge in [-0.2, -0.15) is 0 Å². The van der Waals surface area contributed by atoms with Crippen LogP contribution in [0.2, 0.25) is 0 Å². The lowest BCUT2D eigenvalue weighted by Gasteiger charge is -2.40. The van der Waals surface area contributed by atoms with Crippen molar-refractivity contribution in [1.82, 2.24) is 0 Å². The Balaban J connectivity index is 2.40. The molecule has 0 bridgehead atoms. The van der Waals surface area contributed by atoms with Crippen molar-refractivity contribution >= 4 is 0 Å². The molecular weight excluding hydrogens is 264 g/mol. The number of hydrogen-bond acceptors (Lipinski definition) is 6. The Hall–Kier alpha value is -0.240. The van der Waals surface area contributed by atoms with E-state index in [1.807, 2.05) is 6.92 Å². The van der Waals surface area contributed by atoms with E-state index in [1.165, 1.54) is 12.8 Å². The van der Waals surface area contributed by atoms with Crippen molar-refractivity contribution in [3.8, 4) is 0 Å². The smallest absolute Gasteiger partial charge is 0.186 e. The Labute approximate surface area is 120 Å². The molecule has 0 aliphatic carbocycles. The Bertz CT molecular complexity index is 260. The van der Waals surface area contributed by atoms with Crippen molar-refractivity contribution in [2.45, 2.75) is 82.8 Å². The molecule has 20 heavy (non-hydrogen) atoms. The maximum absolute atomic E-state index is 9.84. The number of hydrogen-bond donors (Lipinski definition) is 4. The molecule has 0 amide bonds. The average Bonchev–Trinajstić information content (AvgIpc) is 2.44. The minimum atomic E-state index is -1.38. The molecule has 120 valence electrons. The van der Waals surface area contributed by atoms with Crippen LogP contribution in [0.5, 0.6) is 0 Å². The minimum absolute atomic E-state index is 0.117. The molecule has 0 aromatic carbocycles. The highest BCUT2D eigenvalue weighted by molar-refractivity contribution is 4.89. The first kappa shape index (κ1) is 17.8. The first-order valence-electron chi connectivity index (χ1n) is 7.47. The third-order valence-electron chi connectivity index (χ3n) is 3.68. The van der Waals surface area contributed by atoms with Gasteiger partial charge in [0.25, 0.3) is 0 Å². The largest absolute Gasteiger partial charge is 0.394 e. The van der Waals surface area contributed by atoms with Crippen LogP contribution in [0.15, 0.2) is 0 Å². The summed E-state index contributed by atoms with van der Waals surface area (Å²) in [5.41, 5.74) is 0. The monoisotopic (exact) mass is 292 g/mol. The van der Waals surface area contributed by atoms with Crippen LogP contribution in [0.4, 0.5) is 0 Å². The van der Waals surface area contributed by atoms with Crippen LogP contribution in [0.1, 0.15) is 46.0 Å². The second-order valence-electron chi connectivity index (χ2n) is 5.49. The molecule has 1 rings (SSSR count). The number of unbranched alkanes of at least 4 members (excludes halogenated alkanes) is 3. The summed E-state index contributed by atoms with van der Waals surface area (Å²) in [6.07, 6.45) is -0.709. The average molecular weight is 292 g/mol. The predicted molar refractivity (Wildman–Crippen MR) is 73.1 cm³/mol. The van der Waals surface area contributed by atoms with Gasteiger partial charge in [-0.05, 0) is 13.3 Å². The Morgan fingerprint density at radius 1 is 1.05 bits per heavy atom. The van der Waals surface area contributed by atoms with Crippen LogP contribution in [-0.4, -0.2) is 63.8 Å². The molecule has 1 aliphatic rings. The zero-order chi connectivity index (χ0) is 15.1. The first-order chi connectivity index (χ1) is 9.51. The zero-order valence-electron chi connectivity index (χ0n) is 12.3. The van der Waals surface area contributed by atoms with Crippen LogP contribution in [0.3, 0.4) is 0 Å². The maximum atomic E-state index is 9.84. The van der Waals surface area contributed by atoms with Gasteiger partial charge >= 0.3 is 0 Å². The van der Waals surface area contributed by atoms with Crippen molar-refractivity contribution in [2.24, 2.45) is 0 Å². The molecule has 0 radical (unpaired) electrons. The van der Waals surface area contributed by atoms with E-state index in [2.05, 4.69) is 6.92 Å². The minimum Gasteiger partial charge on any atom is -0.394 e. The highest BCUT2D eigenvalue weighted by Crippen LogP contribution is 2.23. The molecule has 6 nitrogen and oxygen atoms in total. The van der Waals surface area contributed by atoms with Crippen LogP contribution >= 0.6 is 0 Å². The molecule has 6 atom stereocenters. The standard InChI is InChI=1S/C14H28O6/c1-3-4-5-6-7-9(2)19-14-13(18)12(17)11(16)10(8-15)20-14/h9-18H,3-8H2,1-2H3/t9-,10+,11+,12-,13+,14+/m0/s1. The van der Waals surface area contributed by atoms with Gasteiger partial charge in [-0.15, -0.1) is 0 Å². The zero-order valence-corrected chi connectivity index (χ0v) is 12.3. The van der Waals surface area contributed by atoms with Crippen molar-refractivity contribution in [3.63, 3.8) is 0 Å². The van der Waals surface area contributed by atoms with Gasteiger partial charge in [0, 0.05) is 0 Å². The summed E-state index contributed by atoms with van der Waals surface area (Å²) in [4.78, 5) is 0. The van der Waals surface area contributed by atoms with Crippen molar-refractivity contribution in [2.75, 3.05) is 6.61 Å². The van der Waals surface area contributed by atoms with Gasteiger partial charge in [0.1, 0.15) is 24.4 Å². The fraction of sp³-hybridized carbons (Fsp3) is 1.00. The van der Waals surface area contributed by atoms with Gasteiger partial charge in [0.15, 0.2) is 6.29 Å². The van der Waals surface area contributed by atoms with Crippen LogP contribution in [0, 0.1) is 0 Å². The van der Waals surface area contributed by atoms with Crippen LogP contribution in [-0.2, 0) is 9.47 Å². The molecule has 0 aromatic rings. The first-order valence-corrected chi connectivity index (χ1v) is 7.47. The normalized spacial score (nSPS) is 36.0. The quantitative estimate of drug-likeness (QED) is 0.476. The second-order valence-corrected chi connectivity index (χ2v) is 5.49. The topological polar surface area (TPSA) is 99.4 Å². The maximum Gasteiger partial charge on any atom is 0.186 e.